The van der Waals surface area contributed by atoms with Gasteiger partial charge in [-0.2, -0.15) is 0 Å². The van der Waals surface area contributed by atoms with Crippen LogP contribution >= 0.6 is 0 Å². The van der Waals surface area contributed by atoms with Crippen molar-refractivity contribution in [2.24, 2.45) is 5.41 Å². The summed E-state index contributed by atoms with van der Waals surface area (Å²) in [7, 11) is 0. The minimum absolute atomic E-state index is 0.0383. The van der Waals surface area contributed by atoms with Gasteiger partial charge in [0.2, 0.25) is 0 Å². The first-order valence-corrected chi connectivity index (χ1v) is 7.83. The molecule has 0 spiro atoms. The smallest absolute Gasteiger partial charge is 0.317 e. The Morgan fingerprint density at radius 3 is 2.71 bits per heavy atom. The van der Waals surface area contributed by atoms with Gasteiger partial charge in [-0.3, -0.25) is 4.79 Å². The molecule has 0 aliphatic carbocycles. The number of carbonyl (C=O) groups excluding carboxylic acids is 1. The fourth-order valence-electron chi connectivity index (χ4n) is 2.96. The van der Waals surface area contributed by atoms with E-state index in [1.807, 2.05) is 20.8 Å². The van der Waals surface area contributed by atoms with E-state index in [4.69, 9.17) is 4.74 Å². The largest absolute Gasteiger partial charge is 0.481 e. The van der Waals surface area contributed by atoms with Crippen molar-refractivity contribution in [3.63, 3.8) is 0 Å². The third-order valence-corrected chi connectivity index (χ3v) is 4.04. The number of carboxylic acids is 1. The summed E-state index contributed by atoms with van der Waals surface area (Å²) in [5.41, 5.74) is -0.782. The summed E-state index contributed by atoms with van der Waals surface area (Å²) in [6.45, 7) is 7.76. The number of carboxylic acid groups (broad SMARTS) is 1. The van der Waals surface area contributed by atoms with E-state index in [9.17, 15) is 14.7 Å². The Morgan fingerprint density at radius 2 is 2.14 bits per heavy atom. The fourth-order valence-corrected chi connectivity index (χ4v) is 2.96. The van der Waals surface area contributed by atoms with E-state index in [0.717, 1.165) is 12.8 Å². The van der Waals surface area contributed by atoms with Crippen molar-refractivity contribution in [2.75, 3.05) is 26.2 Å². The standard InChI is InChI=1S/C15H28N2O4/c1-4-7-15(13(18)19)8-6-9-17(11-15)14(20)16-10-12(3)21-5-2/h12H,4-11H2,1-3H3,(H,16,20)(H,18,19). The lowest BCUT2D eigenvalue weighted by atomic mass is 9.76. The molecule has 2 atom stereocenters. The zero-order valence-electron chi connectivity index (χ0n) is 13.4. The van der Waals surface area contributed by atoms with Crippen molar-refractivity contribution in [2.45, 2.75) is 52.6 Å². The molecule has 1 aliphatic heterocycles. The molecule has 0 radical (unpaired) electrons. The average molecular weight is 300 g/mol. The van der Waals surface area contributed by atoms with Crippen LogP contribution < -0.4 is 5.32 Å². The van der Waals surface area contributed by atoms with E-state index in [0.29, 0.717) is 39.1 Å². The fraction of sp³-hybridized carbons (Fsp3) is 0.867. The number of rotatable bonds is 7. The van der Waals surface area contributed by atoms with Gasteiger partial charge in [0.25, 0.3) is 0 Å². The first-order chi connectivity index (χ1) is 9.95. The van der Waals surface area contributed by atoms with Crippen LogP contribution in [-0.2, 0) is 9.53 Å². The maximum Gasteiger partial charge on any atom is 0.317 e. The van der Waals surface area contributed by atoms with Gasteiger partial charge in [0.1, 0.15) is 0 Å². The molecule has 1 rings (SSSR count). The van der Waals surface area contributed by atoms with Gasteiger partial charge in [-0.15, -0.1) is 0 Å². The first kappa shape index (κ1) is 17.8. The third-order valence-electron chi connectivity index (χ3n) is 4.04. The highest BCUT2D eigenvalue weighted by atomic mass is 16.5. The third kappa shape index (κ3) is 4.88. The summed E-state index contributed by atoms with van der Waals surface area (Å²) in [6.07, 6.45) is 2.77. The second kappa shape index (κ2) is 8.22. The average Bonchev–Trinajstić information content (AvgIpc) is 2.45. The van der Waals surface area contributed by atoms with E-state index in [1.165, 1.54) is 0 Å². The molecule has 6 nitrogen and oxygen atoms in total. The van der Waals surface area contributed by atoms with Crippen molar-refractivity contribution in [1.82, 2.24) is 10.2 Å². The zero-order valence-corrected chi connectivity index (χ0v) is 13.4. The molecule has 0 aromatic heterocycles. The summed E-state index contributed by atoms with van der Waals surface area (Å²) in [5.74, 6) is -0.787. The molecule has 2 N–H and O–H groups in total. The van der Waals surface area contributed by atoms with Gasteiger partial charge in [-0.1, -0.05) is 13.3 Å². The summed E-state index contributed by atoms with van der Waals surface area (Å²) in [5, 5.41) is 12.4. The molecule has 0 aromatic carbocycles. The topological polar surface area (TPSA) is 78.9 Å². The SMILES string of the molecule is CCCC1(C(=O)O)CCCN(C(=O)NCC(C)OCC)C1. The lowest BCUT2D eigenvalue weighted by Gasteiger charge is -2.39. The number of carbonyl (C=O) groups is 2. The summed E-state index contributed by atoms with van der Waals surface area (Å²) >= 11 is 0. The molecule has 2 unspecified atom stereocenters. The van der Waals surface area contributed by atoms with Crippen molar-refractivity contribution in [1.29, 1.82) is 0 Å². The number of hydrogen-bond donors (Lipinski definition) is 2. The predicted octanol–water partition coefficient (Wildman–Crippen LogP) is 2.09. The minimum Gasteiger partial charge on any atom is -0.481 e. The Morgan fingerprint density at radius 1 is 1.43 bits per heavy atom. The molecule has 122 valence electrons. The highest BCUT2D eigenvalue weighted by Crippen LogP contribution is 2.35. The number of urea groups is 1. The summed E-state index contributed by atoms with van der Waals surface area (Å²) < 4.78 is 5.37. The number of likely N-dealkylation sites (tertiary alicyclic amines) is 1. The number of hydrogen-bond acceptors (Lipinski definition) is 3. The van der Waals surface area contributed by atoms with Crippen LogP contribution in [0.25, 0.3) is 0 Å². The molecule has 21 heavy (non-hydrogen) atoms. The van der Waals surface area contributed by atoms with Crippen molar-refractivity contribution < 1.29 is 19.4 Å². The van der Waals surface area contributed by atoms with Gasteiger partial charge in [-0.05, 0) is 33.1 Å². The van der Waals surface area contributed by atoms with Crippen molar-refractivity contribution >= 4 is 12.0 Å². The molecule has 1 heterocycles. The maximum atomic E-state index is 12.2. The molecule has 0 aromatic rings. The first-order valence-electron chi connectivity index (χ1n) is 7.83. The second-order valence-corrected chi connectivity index (χ2v) is 5.81. The van der Waals surface area contributed by atoms with Gasteiger partial charge in [0.15, 0.2) is 0 Å². The van der Waals surface area contributed by atoms with Crippen molar-refractivity contribution in [3.05, 3.63) is 0 Å². The van der Waals surface area contributed by atoms with Crippen LogP contribution in [0.3, 0.4) is 0 Å². The molecule has 6 heteroatoms. The molecule has 1 aliphatic rings. The van der Waals surface area contributed by atoms with Crippen LogP contribution in [0.5, 0.6) is 0 Å². The predicted molar refractivity (Wildman–Crippen MR) is 80.3 cm³/mol. The quantitative estimate of drug-likeness (QED) is 0.754. The lowest BCUT2D eigenvalue weighted by Crippen LogP contribution is -2.53. The van der Waals surface area contributed by atoms with Gasteiger partial charge in [0, 0.05) is 26.2 Å². The number of amides is 2. The monoisotopic (exact) mass is 300 g/mol. The van der Waals surface area contributed by atoms with Crippen LogP contribution in [-0.4, -0.2) is 54.4 Å². The lowest BCUT2D eigenvalue weighted by molar-refractivity contribution is -0.152. The Bertz CT molecular complexity index is 358. The second-order valence-electron chi connectivity index (χ2n) is 5.81. The van der Waals surface area contributed by atoms with Crippen LogP contribution in [0, 0.1) is 5.41 Å². The Balaban J connectivity index is 2.58. The van der Waals surface area contributed by atoms with E-state index < -0.39 is 11.4 Å². The van der Waals surface area contributed by atoms with Crippen LogP contribution in [0.1, 0.15) is 46.5 Å². The number of aliphatic carboxylic acids is 1. The van der Waals surface area contributed by atoms with E-state index in [2.05, 4.69) is 5.32 Å². The van der Waals surface area contributed by atoms with Gasteiger partial charge in [-0.25, -0.2) is 4.79 Å². The highest BCUT2D eigenvalue weighted by Gasteiger charge is 2.42. The van der Waals surface area contributed by atoms with E-state index in [-0.39, 0.29) is 12.1 Å². The van der Waals surface area contributed by atoms with Crippen LogP contribution in [0.2, 0.25) is 0 Å². The molecule has 2 amide bonds. The molecule has 0 saturated carbocycles. The molecular formula is C15H28N2O4. The summed E-state index contributed by atoms with van der Waals surface area (Å²) in [6, 6.07) is -0.192. The molecule has 0 bridgehead atoms. The van der Waals surface area contributed by atoms with E-state index >= 15 is 0 Å². The van der Waals surface area contributed by atoms with E-state index in [1.54, 1.807) is 4.90 Å². The number of nitrogens with one attached hydrogen (secondary N) is 1. The van der Waals surface area contributed by atoms with Crippen LogP contribution in [0.4, 0.5) is 4.79 Å². The Kier molecular flexibility index (Phi) is 6.95. The number of piperidine rings is 1. The van der Waals surface area contributed by atoms with Gasteiger partial charge < -0.3 is 20.1 Å². The van der Waals surface area contributed by atoms with Gasteiger partial charge in [0.05, 0.1) is 11.5 Å². The molecular weight excluding hydrogens is 272 g/mol. The highest BCUT2D eigenvalue weighted by molar-refractivity contribution is 5.78. The number of ether oxygens (including phenoxy) is 1. The maximum absolute atomic E-state index is 12.2. The van der Waals surface area contributed by atoms with Gasteiger partial charge >= 0.3 is 12.0 Å². The Hall–Kier alpha value is -1.30. The normalized spacial score (nSPS) is 23.7. The van der Waals surface area contributed by atoms with Crippen LogP contribution in [0.15, 0.2) is 0 Å². The minimum atomic E-state index is -0.787. The van der Waals surface area contributed by atoms with Crippen molar-refractivity contribution in [3.8, 4) is 0 Å². The summed E-state index contributed by atoms with van der Waals surface area (Å²) in [4.78, 5) is 25.4. The molecule has 1 fully saturated rings. The number of nitrogens with zero attached hydrogens (tertiary/aromatic N) is 1. The zero-order chi connectivity index (χ0) is 15.9. The molecule has 1 saturated heterocycles. The Labute approximate surface area is 126 Å².